The van der Waals surface area contributed by atoms with E-state index in [9.17, 15) is 13.6 Å². The third-order valence-corrected chi connectivity index (χ3v) is 3.91. The average molecular weight is 298 g/mol. The molecule has 0 radical (unpaired) electrons. The van der Waals surface area contributed by atoms with Gasteiger partial charge in [0.05, 0.1) is 11.3 Å². The summed E-state index contributed by atoms with van der Waals surface area (Å²) in [6, 6.07) is 1.74. The molecule has 1 atom stereocenters. The molecule has 1 aliphatic rings. The molecule has 0 bridgehead atoms. The fourth-order valence-electron chi connectivity index (χ4n) is 2.66. The maximum atomic E-state index is 13.8. The van der Waals surface area contributed by atoms with Crippen LogP contribution in [0.5, 0.6) is 0 Å². The minimum atomic E-state index is -1.39. The van der Waals surface area contributed by atoms with Gasteiger partial charge in [-0.1, -0.05) is 6.92 Å². The van der Waals surface area contributed by atoms with Crippen LogP contribution in [0.25, 0.3) is 0 Å². The van der Waals surface area contributed by atoms with Crippen molar-refractivity contribution in [1.29, 1.82) is 0 Å². The van der Waals surface area contributed by atoms with Crippen LogP contribution in [0.4, 0.5) is 14.5 Å². The molecule has 21 heavy (non-hydrogen) atoms. The van der Waals surface area contributed by atoms with Crippen molar-refractivity contribution in [3.63, 3.8) is 0 Å². The minimum Gasteiger partial charge on any atom is -0.478 e. The number of carboxylic acids is 1. The number of aromatic carboxylic acids is 1. The molecule has 1 saturated heterocycles. The van der Waals surface area contributed by atoms with Gasteiger partial charge in [0, 0.05) is 18.7 Å². The molecular formula is C15H20F2N2O2. The van der Waals surface area contributed by atoms with Crippen LogP contribution in [0.2, 0.25) is 0 Å². The quantitative estimate of drug-likeness (QED) is 0.897. The molecule has 1 aromatic rings. The predicted molar refractivity (Wildman–Crippen MR) is 76.7 cm³/mol. The Hall–Kier alpha value is -1.69. The van der Waals surface area contributed by atoms with Crippen molar-refractivity contribution in [1.82, 2.24) is 4.90 Å². The van der Waals surface area contributed by atoms with E-state index in [1.165, 1.54) is 0 Å². The molecule has 2 N–H and O–H groups in total. The van der Waals surface area contributed by atoms with Gasteiger partial charge in [0.25, 0.3) is 0 Å². The zero-order chi connectivity index (χ0) is 15.4. The first-order valence-electron chi connectivity index (χ1n) is 7.22. The highest BCUT2D eigenvalue weighted by Gasteiger charge is 2.20. The van der Waals surface area contributed by atoms with Gasteiger partial charge in [0.1, 0.15) is 11.6 Å². The van der Waals surface area contributed by atoms with Crippen molar-refractivity contribution < 1.29 is 18.7 Å². The SMILES string of the molecule is CCN1CCCC(Nc2cc(C(=O)O)c(F)cc2F)CC1. The molecule has 0 aliphatic carbocycles. The van der Waals surface area contributed by atoms with Crippen molar-refractivity contribution >= 4 is 11.7 Å². The highest BCUT2D eigenvalue weighted by molar-refractivity contribution is 5.89. The largest absolute Gasteiger partial charge is 0.478 e. The Morgan fingerprint density at radius 3 is 2.76 bits per heavy atom. The second-order valence-electron chi connectivity index (χ2n) is 5.32. The van der Waals surface area contributed by atoms with E-state index in [-0.39, 0.29) is 11.7 Å². The Morgan fingerprint density at radius 2 is 2.10 bits per heavy atom. The molecule has 116 valence electrons. The van der Waals surface area contributed by atoms with Crippen LogP contribution < -0.4 is 5.32 Å². The smallest absolute Gasteiger partial charge is 0.338 e. The normalized spacial score (nSPS) is 20.0. The first-order chi connectivity index (χ1) is 10.0. The van der Waals surface area contributed by atoms with E-state index in [0.717, 1.165) is 45.0 Å². The first kappa shape index (κ1) is 15.7. The summed E-state index contributed by atoms with van der Waals surface area (Å²) in [6.07, 6.45) is 2.74. The summed E-state index contributed by atoms with van der Waals surface area (Å²) in [5.74, 6) is -3.20. The molecule has 0 spiro atoms. The summed E-state index contributed by atoms with van der Waals surface area (Å²) in [7, 11) is 0. The molecule has 1 aliphatic heterocycles. The van der Waals surface area contributed by atoms with Gasteiger partial charge in [-0.15, -0.1) is 0 Å². The molecule has 4 nitrogen and oxygen atoms in total. The lowest BCUT2D eigenvalue weighted by Gasteiger charge is -2.20. The third-order valence-electron chi connectivity index (χ3n) is 3.91. The second kappa shape index (κ2) is 6.85. The Bertz CT molecular complexity index is 523. The highest BCUT2D eigenvalue weighted by atomic mass is 19.1. The molecule has 1 aromatic carbocycles. The van der Waals surface area contributed by atoms with Gasteiger partial charge in [0.15, 0.2) is 0 Å². The van der Waals surface area contributed by atoms with Crippen molar-refractivity contribution in [3.8, 4) is 0 Å². The highest BCUT2D eigenvalue weighted by Crippen LogP contribution is 2.23. The lowest BCUT2D eigenvalue weighted by molar-refractivity contribution is 0.0692. The van der Waals surface area contributed by atoms with E-state index < -0.39 is 23.2 Å². The van der Waals surface area contributed by atoms with Crippen LogP contribution >= 0.6 is 0 Å². The van der Waals surface area contributed by atoms with Crippen LogP contribution in [0, 0.1) is 11.6 Å². The van der Waals surface area contributed by atoms with Crippen molar-refractivity contribution in [3.05, 3.63) is 29.3 Å². The van der Waals surface area contributed by atoms with Crippen LogP contribution in [0.1, 0.15) is 36.5 Å². The molecule has 0 aromatic heterocycles. The van der Waals surface area contributed by atoms with E-state index in [0.29, 0.717) is 6.07 Å². The Balaban J connectivity index is 2.12. The van der Waals surface area contributed by atoms with E-state index in [2.05, 4.69) is 17.1 Å². The van der Waals surface area contributed by atoms with Gasteiger partial charge in [-0.2, -0.15) is 0 Å². The molecule has 6 heteroatoms. The summed E-state index contributed by atoms with van der Waals surface area (Å²) < 4.78 is 27.2. The standard InChI is InChI=1S/C15H20F2N2O2/c1-2-19-6-3-4-10(5-7-19)18-14-8-11(15(20)21)12(16)9-13(14)17/h8-10,18H,2-7H2,1H3,(H,20,21). The number of nitrogens with zero attached hydrogens (tertiary/aromatic N) is 1. The number of anilines is 1. The fourth-order valence-corrected chi connectivity index (χ4v) is 2.66. The Morgan fingerprint density at radius 1 is 1.33 bits per heavy atom. The van der Waals surface area contributed by atoms with Gasteiger partial charge in [0.2, 0.25) is 0 Å². The van der Waals surface area contributed by atoms with Crippen molar-refractivity contribution in [2.45, 2.75) is 32.2 Å². The van der Waals surface area contributed by atoms with E-state index in [1.54, 1.807) is 0 Å². The summed E-state index contributed by atoms with van der Waals surface area (Å²) in [6.45, 7) is 5.02. The number of carboxylic acid groups (broad SMARTS) is 1. The van der Waals surface area contributed by atoms with E-state index >= 15 is 0 Å². The molecule has 1 unspecified atom stereocenters. The van der Waals surface area contributed by atoms with Crippen molar-refractivity contribution in [2.75, 3.05) is 25.0 Å². The number of hydrogen-bond acceptors (Lipinski definition) is 3. The molecule has 1 heterocycles. The predicted octanol–water partition coefficient (Wildman–Crippen LogP) is 2.95. The van der Waals surface area contributed by atoms with Gasteiger partial charge in [-0.05, 0) is 38.4 Å². The number of halogens is 2. The number of rotatable bonds is 4. The first-order valence-corrected chi connectivity index (χ1v) is 7.22. The Labute approximate surface area is 122 Å². The number of carbonyl (C=O) groups is 1. The molecular weight excluding hydrogens is 278 g/mol. The van der Waals surface area contributed by atoms with Gasteiger partial charge in [-0.25, -0.2) is 13.6 Å². The van der Waals surface area contributed by atoms with Gasteiger partial charge in [-0.3, -0.25) is 0 Å². The summed E-state index contributed by atoms with van der Waals surface area (Å²) in [5, 5.41) is 11.9. The van der Waals surface area contributed by atoms with Crippen LogP contribution in [-0.4, -0.2) is 41.7 Å². The number of hydrogen-bond donors (Lipinski definition) is 2. The van der Waals surface area contributed by atoms with E-state index in [1.807, 2.05) is 0 Å². The Kier molecular flexibility index (Phi) is 5.12. The molecule has 0 amide bonds. The molecule has 1 fully saturated rings. The summed E-state index contributed by atoms with van der Waals surface area (Å²) in [5.41, 5.74) is -0.452. The zero-order valence-electron chi connectivity index (χ0n) is 12.0. The monoisotopic (exact) mass is 298 g/mol. The lowest BCUT2D eigenvalue weighted by atomic mass is 10.1. The van der Waals surface area contributed by atoms with Gasteiger partial charge >= 0.3 is 5.97 Å². The lowest BCUT2D eigenvalue weighted by Crippen LogP contribution is -2.26. The van der Waals surface area contributed by atoms with Crippen LogP contribution in [-0.2, 0) is 0 Å². The van der Waals surface area contributed by atoms with Crippen LogP contribution in [0.15, 0.2) is 12.1 Å². The number of likely N-dealkylation sites (tertiary alicyclic amines) is 1. The van der Waals surface area contributed by atoms with E-state index in [4.69, 9.17) is 5.11 Å². The summed E-state index contributed by atoms with van der Waals surface area (Å²) in [4.78, 5) is 13.2. The molecule has 0 saturated carbocycles. The number of benzene rings is 1. The topological polar surface area (TPSA) is 52.6 Å². The van der Waals surface area contributed by atoms with Crippen LogP contribution in [0.3, 0.4) is 0 Å². The second-order valence-corrected chi connectivity index (χ2v) is 5.32. The van der Waals surface area contributed by atoms with Gasteiger partial charge < -0.3 is 15.3 Å². The maximum absolute atomic E-state index is 13.8. The zero-order valence-corrected chi connectivity index (χ0v) is 12.0. The number of nitrogens with one attached hydrogen (secondary N) is 1. The van der Waals surface area contributed by atoms with Crippen molar-refractivity contribution in [2.24, 2.45) is 0 Å². The third kappa shape index (κ3) is 3.91. The minimum absolute atomic E-state index is 0.0590. The molecule has 2 rings (SSSR count). The summed E-state index contributed by atoms with van der Waals surface area (Å²) >= 11 is 0. The maximum Gasteiger partial charge on any atom is 0.338 e. The fraction of sp³-hybridized carbons (Fsp3) is 0.533. The average Bonchev–Trinajstić information content (AvgIpc) is 2.66.